The first-order chi connectivity index (χ1) is 38.5. The molecule has 20 heteroatoms. The molecule has 2 aromatic rings. The molecule has 9 atom stereocenters. The van der Waals surface area contributed by atoms with E-state index >= 15 is 0 Å². The molecule has 7 rings (SSSR count). The first-order valence-corrected chi connectivity index (χ1v) is 28.9. The van der Waals surface area contributed by atoms with Gasteiger partial charge in [0.25, 0.3) is 11.8 Å². The minimum absolute atomic E-state index is 0.0240. The molecule has 4 aliphatic heterocycles. The largest absolute Gasteiger partial charge is 0.444 e. The van der Waals surface area contributed by atoms with Crippen LogP contribution in [0, 0.1) is 23.7 Å². The second-order valence-electron chi connectivity index (χ2n) is 23.7. The number of benzene rings is 2. The Balaban J connectivity index is 1.06. The number of nitrogens with one attached hydrogen (secondary N) is 4. The summed E-state index contributed by atoms with van der Waals surface area (Å²) in [4.78, 5) is 127. The van der Waals surface area contributed by atoms with Crippen LogP contribution in [0.4, 0.5) is 10.5 Å². The molecule has 0 aromatic heterocycles. The summed E-state index contributed by atoms with van der Waals surface area (Å²) in [6.45, 7) is 15.8. The van der Waals surface area contributed by atoms with Crippen molar-refractivity contribution in [3.05, 3.63) is 77.9 Å². The van der Waals surface area contributed by atoms with Gasteiger partial charge in [0, 0.05) is 77.6 Å². The van der Waals surface area contributed by atoms with Crippen LogP contribution in [-0.4, -0.2) is 161 Å². The third-order valence-electron chi connectivity index (χ3n) is 16.5. The van der Waals surface area contributed by atoms with Crippen molar-refractivity contribution in [3.63, 3.8) is 0 Å². The lowest BCUT2D eigenvalue weighted by Gasteiger charge is -2.41. The summed E-state index contributed by atoms with van der Waals surface area (Å²) in [5, 5.41) is 11.9. The molecule has 3 saturated heterocycles. The minimum Gasteiger partial charge on any atom is -0.444 e. The first-order valence-electron chi connectivity index (χ1n) is 28.9. The smallest absolute Gasteiger partial charge is 0.411 e. The number of unbranched alkanes of at least 4 members (excludes halogenated alkanes) is 2. The molecule has 5 aliphatic rings. The molecule has 0 spiro atoms. The highest BCUT2D eigenvalue weighted by Gasteiger charge is 2.57. The van der Waals surface area contributed by atoms with Gasteiger partial charge in [-0.3, -0.25) is 48.2 Å². The zero-order valence-electron chi connectivity index (χ0n) is 49.4. The molecule has 4 N–H and O–H groups in total. The lowest BCUT2D eigenvalue weighted by Crippen LogP contribution is -2.59. The van der Waals surface area contributed by atoms with Crippen molar-refractivity contribution in [3.8, 4) is 0 Å². The third kappa shape index (κ3) is 16.5. The number of nitrogens with zero attached hydrogens (tertiary/aromatic N) is 4. The molecule has 1 saturated carbocycles. The van der Waals surface area contributed by atoms with Crippen LogP contribution in [0.2, 0.25) is 0 Å². The number of methoxy groups -OCH3 is 2. The average molecular weight is 1130 g/mol. The summed E-state index contributed by atoms with van der Waals surface area (Å²) in [5.41, 5.74) is 1.39. The van der Waals surface area contributed by atoms with Crippen LogP contribution in [0.25, 0.3) is 0 Å². The van der Waals surface area contributed by atoms with Crippen molar-refractivity contribution in [1.29, 1.82) is 0 Å². The molecule has 81 heavy (non-hydrogen) atoms. The molecule has 20 nitrogen and oxygen atoms in total. The molecule has 2 aromatic carbocycles. The van der Waals surface area contributed by atoms with E-state index in [1.807, 2.05) is 58.0 Å². The number of likely N-dealkylation sites (tertiary alicyclic amines) is 1. The van der Waals surface area contributed by atoms with Gasteiger partial charge in [-0.25, -0.2) is 4.79 Å². The molecule has 0 radical (unpaired) electrons. The van der Waals surface area contributed by atoms with Gasteiger partial charge in [-0.2, -0.15) is 0 Å². The number of rotatable bonds is 28. The van der Waals surface area contributed by atoms with Gasteiger partial charge in [-0.1, -0.05) is 89.9 Å². The number of ether oxygens (including phenoxy) is 3. The van der Waals surface area contributed by atoms with Crippen molar-refractivity contribution in [2.75, 3.05) is 39.7 Å². The van der Waals surface area contributed by atoms with E-state index in [1.54, 1.807) is 68.8 Å². The first kappa shape index (κ1) is 63.5. The van der Waals surface area contributed by atoms with Crippen LogP contribution in [-0.2, 0) is 65.5 Å². The Bertz CT molecular complexity index is 2550. The SMILES string of the molecule is CC[C@H](C)[C@@H]([C@@H](CC(=O)N1CCC[C@H]1[C@H](OC)[C@@H](C)C(=O)N[C@@H](Cc1ccccc1)C(=O)Nc1ccc(CNC(=O)CCCCCN2C(=O)C=CC2=O)cc1)OC)N(C)C(=O)[C@@H](NC(=O)C1C2CC(C2)N1C(=O)OC(C)(C)C)C(C)C. The quantitative estimate of drug-likeness (QED) is 0.0574. The van der Waals surface area contributed by atoms with Gasteiger partial charge in [0.1, 0.15) is 23.7 Å². The van der Waals surface area contributed by atoms with E-state index < -0.39 is 77.8 Å². The van der Waals surface area contributed by atoms with Crippen LogP contribution in [0.15, 0.2) is 66.7 Å². The van der Waals surface area contributed by atoms with Gasteiger partial charge in [-0.05, 0) is 100 Å². The molecule has 4 heterocycles. The van der Waals surface area contributed by atoms with Gasteiger partial charge >= 0.3 is 6.09 Å². The number of anilines is 1. The third-order valence-corrected chi connectivity index (χ3v) is 16.5. The minimum atomic E-state index is -0.989. The fourth-order valence-corrected chi connectivity index (χ4v) is 11.7. The van der Waals surface area contributed by atoms with Gasteiger partial charge in [0.2, 0.25) is 35.4 Å². The van der Waals surface area contributed by atoms with Gasteiger partial charge in [0.15, 0.2) is 0 Å². The van der Waals surface area contributed by atoms with Crippen molar-refractivity contribution < 1.29 is 57.4 Å². The fourth-order valence-electron chi connectivity index (χ4n) is 11.7. The summed E-state index contributed by atoms with van der Waals surface area (Å²) in [7, 11) is 4.72. The number of amides is 9. The molecule has 444 valence electrons. The second kappa shape index (κ2) is 28.8. The van der Waals surface area contributed by atoms with E-state index in [9.17, 15) is 43.2 Å². The molecular weight excluding hydrogens is 1040 g/mol. The second-order valence-corrected chi connectivity index (χ2v) is 23.7. The highest BCUT2D eigenvalue weighted by molar-refractivity contribution is 6.12. The Morgan fingerprint density at radius 1 is 0.815 bits per heavy atom. The molecule has 1 unspecified atom stereocenters. The van der Waals surface area contributed by atoms with Crippen LogP contribution in [0.5, 0.6) is 0 Å². The number of imide groups is 1. The molecule has 1 aliphatic carbocycles. The van der Waals surface area contributed by atoms with E-state index in [4.69, 9.17) is 14.2 Å². The highest BCUT2D eigenvalue weighted by Crippen LogP contribution is 2.46. The highest BCUT2D eigenvalue weighted by atomic mass is 16.6. The predicted octanol–water partition coefficient (Wildman–Crippen LogP) is 5.91. The topological polar surface area (TPSA) is 242 Å². The monoisotopic (exact) mass is 1120 g/mol. The molecule has 2 bridgehead atoms. The maximum absolute atomic E-state index is 14.7. The lowest BCUT2D eigenvalue weighted by molar-refractivity contribution is -0.148. The van der Waals surface area contributed by atoms with Crippen molar-refractivity contribution >= 4 is 59.0 Å². The van der Waals surface area contributed by atoms with Gasteiger partial charge in [0.05, 0.1) is 36.6 Å². The maximum atomic E-state index is 14.7. The van der Waals surface area contributed by atoms with Crippen LogP contribution >= 0.6 is 0 Å². The summed E-state index contributed by atoms with van der Waals surface area (Å²) < 4.78 is 17.9. The molecular formula is C61H88N8O12. The number of fused-ring (bicyclic) bond motifs is 1. The van der Waals surface area contributed by atoms with Gasteiger partial charge < -0.3 is 45.3 Å². The van der Waals surface area contributed by atoms with E-state index in [2.05, 4.69) is 21.3 Å². The van der Waals surface area contributed by atoms with Crippen LogP contribution in [0.1, 0.15) is 131 Å². The fraction of sp³-hybridized carbons (Fsp3) is 0.623. The molecule has 4 fully saturated rings. The van der Waals surface area contributed by atoms with Crippen LogP contribution in [0.3, 0.4) is 0 Å². The summed E-state index contributed by atoms with van der Waals surface area (Å²) in [5.74, 6) is -3.86. The normalized spacial score (nSPS) is 21.1. The predicted molar refractivity (Wildman–Crippen MR) is 305 cm³/mol. The van der Waals surface area contributed by atoms with E-state index in [-0.39, 0.29) is 72.7 Å². The number of carbonyl (C=O) groups is 9. The Morgan fingerprint density at radius 3 is 2.09 bits per heavy atom. The lowest BCUT2D eigenvalue weighted by atomic mass is 9.82. The van der Waals surface area contributed by atoms with E-state index in [0.29, 0.717) is 76.6 Å². The van der Waals surface area contributed by atoms with E-state index in [0.717, 1.165) is 11.1 Å². The number of hydrogen-bond acceptors (Lipinski definition) is 12. The Labute approximate surface area is 478 Å². The summed E-state index contributed by atoms with van der Waals surface area (Å²) in [6.07, 6.45) is 6.10. The van der Waals surface area contributed by atoms with Crippen LogP contribution < -0.4 is 21.3 Å². The summed E-state index contributed by atoms with van der Waals surface area (Å²) in [6, 6.07) is 12.6. The maximum Gasteiger partial charge on any atom is 0.411 e. The van der Waals surface area contributed by atoms with Crippen molar-refractivity contribution in [2.24, 2.45) is 23.7 Å². The van der Waals surface area contributed by atoms with Gasteiger partial charge in [-0.15, -0.1) is 0 Å². The average Bonchev–Trinajstić information content (AvgIpc) is 3.55. The molecule has 9 amide bonds. The Morgan fingerprint density at radius 2 is 1.48 bits per heavy atom. The van der Waals surface area contributed by atoms with Crippen molar-refractivity contribution in [1.82, 2.24) is 35.6 Å². The zero-order chi connectivity index (χ0) is 59.3. The number of carbonyl (C=O) groups excluding carboxylic acids is 9. The number of hydrogen-bond donors (Lipinski definition) is 4. The Kier molecular flexibility index (Phi) is 22.6. The number of likely N-dealkylation sites (N-methyl/N-ethyl adjacent to an activating group) is 1. The van der Waals surface area contributed by atoms with E-state index in [1.165, 1.54) is 36.2 Å². The zero-order valence-corrected chi connectivity index (χ0v) is 49.4. The standard InChI is InChI=1S/C61H88N8O12/c1-12-38(4)53(66(9)59(77)52(37(2)3)65-58(76)54-42-33-44(34-42)69(54)60(78)81-61(6,7)8)47(79-10)35-51(73)67-31-19-22-46(67)55(80-11)39(5)56(74)64-45(32-40-20-15-13-16-21-40)57(75)63-43-26-24-41(25-27-43)36-62-48(70)23-17-14-18-30-68-49(71)28-29-50(68)72/h13,15-16,20-21,24-29,37-39,42,44-47,52-55H,12,14,17-19,22-23,30-36H2,1-11H3,(H,62,70)(H,63,75)(H,64,74)(H,65,76)/t38-,39+,42?,44?,45-,46-,47+,52-,53-,54?,55+/m0/s1. The van der Waals surface area contributed by atoms with Crippen molar-refractivity contribution in [2.45, 2.75) is 187 Å². The summed E-state index contributed by atoms with van der Waals surface area (Å²) >= 11 is 0. The Hall–Kier alpha value is -6.67.